The van der Waals surface area contributed by atoms with Gasteiger partial charge in [0.15, 0.2) is 0 Å². The summed E-state index contributed by atoms with van der Waals surface area (Å²) in [6.45, 7) is 1.61. The minimum absolute atomic E-state index is 0.0324. The number of nitrogens with one attached hydrogen (secondary N) is 1. The number of hydrogen-bond acceptors (Lipinski definition) is 2. The third-order valence-corrected chi connectivity index (χ3v) is 2.15. The van der Waals surface area contributed by atoms with Gasteiger partial charge in [0, 0.05) is 12.3 Å². The molecule has 1 rings (SSSR count). The molecular weight excluding hydrogens is 143 g/mol. The molecule has 0 unspecified atom stereocenters. The first kappa shape index (κ1) is 8.48. The first-order valence-corrected chi connectivity index (χ1v) is 4.06. The van der Waals surface area contributed by atoms with E-state index in [4.69, 9.17) is 5.26 Å². The predicted molar refractivity (Wildman–Crippen MR) is 40.7 cm³/mol. The fraction of sp³-hybridized carbons (Fsp3) is 0.875. The van der Waals surface area contributed by atoms with Crippen molar-refractivity contribution < 1.29 is 4.39 Å². The zero-order chi connectivity index (χ0) is 8.10. The predicted octanol–water partition coefficient (Wildman–Crippen LogP) is 1.24. The molecule has 2 nitrogen and oxygen atoms in total. The van der Waals surface area contributed by atoms with Crippen LogP contribution in [0.2, 0.25) is 0 Å². The lowest BCUT2D eigenvalue weighted by atomic mass is 9.96. The van der Waals surface area contributed by atoms with Gasteiger partial charge in [-0.25, -0.2) is 4.39 Å². The van der Waals surface area contributed by atoms with Crippen molar-refractivity contribution in [2.24, 2.45) is 5.92 Å². The molecule has 0 bridgehead atoms. The molecule has 0 aromatic heterocycles. The van der Waals surface area contributed by atoms with E-state index < -0.39 is 6.17 Å². The van der Waals surface area contributed by atoms with E-state index in [0.717, 1.165) is 19.5 Å². The van der Waals surface area contributed by atoms with E-state index in [1.165, 1.54) is 0 Å². The maximum atomic E-state index is 13.1. The van der Waals surface area contributed by atoms with E-state index in [2.05, 4.69) is 5.32 Å². The third kappa shape index (κ3) is 2.47. The van der Waals surface area contributed by atoms with Gasteiger partial charge >= 0.3 is 0 Å². The summed E-state index contributed by atoms with van der Waals surface area (Å²) < 4.78 is 13.1. The molecule has 1 heterocycles. The van der Waals surface area contributed by atoms with Gasteiger partial charge in [-0.15, -0.1) is 0 Å². The normalized spacial score (nSPS) is 32.4. The molecule has 1 aliphatic rings. The molecule has 0 aromatic rings. The van der Waals surface area contributed by atoms with Crippen molar-refractivity contribution >= 4 is 0 Å². The Morgan fingerprint density at radius 3 is 2.91 bits per heavy atom. The summed E-state index contributed by atoms with van der Waals surface area (Å²) >= 11 is 0. The van der Waals surface area contributed by atoms with Crippen molar-refractivity contribution in [3.05, 3.63) is 0 Å². The number of hydrogen-bond donors (Lipinski definition) is 1. The highest BCUT2D eigenvalue weighted by molar-refractivity contribution is 4.83. The fourth-order valence-corrected chi connectivity index (χ4v) is 1.42. The molecule has 0 saturated carbocycles. The second-order valence-electron chi connectivity index (χ2n) is 2.97. The molecule has 0 amide bonds. The molecule has 0 spiro atoms. The van der Waals surface area contributed by atoms with Gasteiger partial charge in [-0.2, -0.15) is 5.26 Å². The molecule has 0 radical (unpaired) electrons. The van der Waals surface area contributed by atoms with E-state index in [1.54, 1.807) is 0 Å². The van der Waals surface area contributed by atoms with Gasteiger partial charge in [-0.05, 0) is 25.9 Å². The van der Waals surface area contributed by atoms with Crippen LogP contribution < -0.4 is 5.32 Å². The SMILES string of the molecule is N#CC[C@H]1CCNCC[C@H]1F. The number of nitriles is 1. The van der Waals surface area contributed by atoms with Crippen molar-refractivity contribution in [1.29, 1.82) is 5.26 Å². The lowest BCUT2D eigenvalue weighted by Gasteiger charge is -2.13. The average molecular weight is 156 g/mol. The summed E-state index contributed by atoms with van der Waals surface area (Å²) in [6.07, 6.45) is 0.953. The Kier molecular flexibility index (Phi) is 3.31. The maximum absolute atomic E-state index is 13.1. The van der Waals surface area contributed by atoms with Crippen LogP contribution >= 0.6 is 0 Å². The zero-order valence-corrected chi connectivity index (χ0v) is 6.52. The van der Waals surface area contributed by atoms with Gasteiger partial charge in [0.05, 0.1) is 6.07 Å². The van der Waals surface area contributed by atoms with Gasteiger partial charge in [0.2, 0.25) is 0 Å². The third-order valence-electron chi connectivity index (χ3n) is 2.15. The van der Waals surface area contributed by atoms with Crippen LogP contribution in [0.1, 0.15) is 19.3 Å². The minimum Gasteiger partial charge on any atom is -0.317 e. The highest BCUT2D eigenvalue weighted by Gasteiger charge is 2.22. The van der Waals surface area contributed by atoms with Crippen LogP contribution in [0.4, 0.5) is 4.39 Å². The molecule has 11 heavy (non-hydrogen) atoms. The van der Waals surface area contributed by atoms with E-state index in [0.29, 0.717) is 12.8 Å². The van der Waals surface area contributed by atoms with Gasteiger partial charge < -0.3 is 5.32 Å². The Hall–Kier alpha value is -0.620. The van der Waals surface area contributed by atoms with Crippen molar-refractivity contribution in [3.8, 4) is 6.07 Å². The Labute approximate surface area is 66.4 Å². The molecule has 1 saturated heterocycles. The monoisotopic (exact) mass is 156 g/mol. The van der Waals surface area contributed by atoms with E-state index in [1.807, 2.05) is 6.07 Å². The molecule has 62 valence electrons. The van der Waals surface area contributed by atoms with Gasteiger partial charge in [0.25, 0.3) is 0 Å². The molecule has 1 N–H and O–H groups in total. The van der Waals surface area contributed by atoms with E-state index in [9.17, 15) is 4.39 Å². The summed E-state index contributed by atoms with van der Waals surface area (Å²) in [5, 5.41) is 11.5. The minimum atomic E-state index is -0.773. The molecule has 3 heteroatoms. The van der Waals surface area contributed by atoms with Crippen LogP contribution in [0.15, 0.2) is 0 Å². The second kappa shape index (κ2) is 4.30. The summed E-state index contributed by atoms with van der Waals surface area (Å²) in [5.74, 6) is -0.0324. The number of rotatable bonds is 1. The first-order valence-electron chi connectivity index (χ1n) is 4.06. The summed E-state index contributed by atoms with van der Waals surface area (Å²) in [5.41, 5.74) is 0. The van der Waals surface area contributed by atoms with E-state index in [-0.39, 0.29) is 5.92 Å². The standard InChI is InChI=1S/C8H13FN2/c9-8-3-6-11-5-2-7(8)1-4-10/h7-8,11H,1-3,5-6H2/t7-,8+/m0/s1. The molecule has 2 atom stereocenters. The second-order valence-corrected chi connectivity index (χ2v) is 2.97. The van der Waals surface area contributed by atoms with Gasteiger partial charge in [-0.3, -0.25) is 0 Å². The van der Waals surface area contributed by atoms with Crippen LogP contribution in [0.3, 0.4) is 0 Å². The zero-order valence-electron chi connectivity index (χ0n) is 6.52. The van der Waals surface area contributed by atoms with Crippen molar-refractivity contribution in [2.75, 3.05) is 13.1 Å². The van der Waals surface area contributed by atoms with Crippen molar-refractivity contribution in [2.45, 2.75) is 25.4 Å². The highest BCUT2D eigenvalue weighted by atomic mass is 19.1. The lowest BCUT2D eigenvalue weighted by molar-refractivity contribution is 0.223. The molecular formula is C8H13FN2. The van der Waals surface area contributed by atoms with Crippen LogP contribution in [-0.4, -0.2) is 19.3 Å². The first-order chi connectivity index (χ1) is 5.34. The fourth-order valence-electron chi connectivity index (χ4n) is 1.42. The molecule has 0 aliphatic carbocycles. The van der Waals surface area contributed by atoms with Crippen molar-refractivity contribution in [3.63, 3.8) is 0 Å². The van der Waals surface area contributed by atoms with Gasteiger partial charge in [0.1, 0.15) is 6.17 Å². The Morgan fingerprint density at radius 1 is 1.45 bits per heavy atom. The van der Waals surface area contributed by atoms with Crippen molar-refractivity contribution in [1.82, 2.24) is 5.32 Å². The topological polar surface area (TPSA) is 35.8 Å². The Morgan fingerprint density at radius 2 is 2.18 bits per heavy atom. The molecule has 1 fully saturated rings. The highest BCUT2D eigenvalue weighted by Crippen LogP contribution is 2.20. The van der Waals surface area contributed by atoms with Crippen LogP contribution in [0, 0.1) is 17.2 Å². The summed E-state index contributed by atoms with van der Waals surface area (Å²) in [6, 6.07) is 2.03. The smallest absolute Gasteiger partial charge is 0.105 e. The van der Waals surface area contributed by atoms with Gasteiger partial charge in [-0.1, -0.05) is 0 Å². The molecule has 1 aliphatic heterocycles. The lowest BCUT2D eigenvalue weighted by Crippen LogP contribution is -2.14. The number of nitrogens with zero attached hydrogens (tertiary/aromatic N) is 1. The van der Waals surface area contributed by atoms with Crippen LogP contribution in [-0.2, 0) is 0 Å². The average Bonchev–Trinajstić information content (AvgIpc) is 2.18. The molecule has 0 aromatic carbocycles. The summed E-state index contributed by atoms with van der Waals surface area (Å²) in [7, 11) is 0. The quantitative estimate of drug-likeness (QED) is 0.620. The summed E-state index contributed by atoms with van der Waals surface area (Å²) in [4.78, 5) is 0. The van der Waals surface area contributed by atoms with Crippen LogP contribution in [0.5, 0.6) is 0 Å². The van der Waals surface area contributed by atoms with Crippen LogP contribution in [0.25, 0.3) is 0 Å². The largest absolute Gasteiger partial charge is 0.317 e. The Bertz CT molecular complexity index is 153. The van der Waals surface area contributed by atoms with E-state index >= 15 is 0 Å². The number of alkyl halides is 1. The number of halogens is 1. The Balaban J connectivity index is 2.40. The maximum Gasteiger partial charge on any atom is 0.105 e.